The highest BCUT2D eigenvalue weighted by Crippen LogP contribution is 2.42. The van der Waals surface area contributed by atoms with Crippen molar-refractivity contribution in [2.24, 2.45) is 11.8 Å². The number of hydrogen-bond acceptors (Lipinski definition) is 6. The first-order chi connectivity index (χ1) is 16.8. The average Bonchev–Trinajstić information content (AvgIpc) is 2.87. The topological polar surface area (TPSA) is 79.2 Å². The van der Waals surface area contributed by atoms with Crippen LogP contribution in [0.1, 0.15) is 67.5 Å². The Morgan fingerprint density at radius 2 is 1.83 bits per heavy atom. The number of methoxy groups -OCH3 is 1. The lowest BCUT2D eigenvalue weighted by molar-refractivity contribution is -0.182. The summed E-state index contributed by atoms with van der Waals surface area (Å²) in [5, 5.41) is 19.6. The lowest BCUT2D eigenvalue weighted by Gasteiger charge is -2.47. The summed E-state index contributed by atoms with van der Waals surface area (Å²) in [4.78, 5) is 16.1. The van der Waals surface area contributed by atoms with E-state index in [-0.39, 0.29) is 37.2 Å². The Balaban J connectivity index is 1.63. The van der Waals surface area contributed by atoms with Gasteiger partial charge in [-0.1, -0.05) is 56.3 Å². The molecule has 4 atom stereocenters. The molecule has 0 spiro atoms. The van der Waals surface area contributed by atoms with Crippen LogP contribution >= 0.6 is 0 Å². The van der Waals surface area contributed by atoms with Gasteiger partial charge in [0, 0.05) is 38.6 Å². The predicted octanol–water partition coefficient (Wildman–Crippen LogP) is 4.11. The van der Waals surface area contributed by atoms with Gasteiger partial charge < -0.3 is 19.7 Å². The smallest absolute Gasteiger partial charge is 0.343 e. The van der Waals surface area contributed by atoms with Crippen molar-refractivity contribution in [2.75, 3.05) is 20.2 Å². The molecule has 190 valence electrons. The molecule has 4 rings (SSSR count). The van der Waals surface area contributed by atoms with Crippen LogP contribution in [0.3, 0.4) is 0 Å². The molecule has 6 nitrogen and oxygen atoms in total. The molecule has 0 amide bonds. The molecule has 0 bridgehead atoms. The number of aliphatic hydroxyl groups is 2. The molecule has 35 heavy (non-hydrogen) atoms. The number of nitrogens with zero attached hydrogens (tertiary/aromatic N) is 1. The molecule has 2 heterocycles. The zero-order valence-corrected chi connectivity index (χ0v) is 21.4. The Morgan fingerprint density at radius 1 is 1.14 bits per heavy atom. The largest absolute Gasteiger partial charge is 0.460 e. The zero-order chi connectivity index (χ0) is 25.2. The normalized spacial score (nSPS) is 23.9. The molecule has 2 N–H and O–H groups in total. The highest BCUT2D eigenvalue weighted by Gasteiger charge is 2.44. The molecule has 2 aromatic carbocycles. The molecule has 0 aliphatic carbocycles. The fourth-order valence-corrected chi connectivity index (χ4v) is 5.82. The van der Waals surface area contributed by atoms with Crippen LogP contribution in [0.5, 0.6) is 0 Å². The SMILES string of the molecule is CO[C@@](C)(C(=O)O[C@H]1C[C@H]2c3cc(CO)c(CO)cc3CCN2C[C@H]1CC(C)C)c1ccccc1. The number of ether oxygens (including phenoxy) is 2. The molecule has 1 saturated heterocycles. The summed E-state index contributed by atoms with van der Waals surface area (Å²) in [6.45, 7) is 7.82. The van der Waals surface area contributed by atoms with Crippen LogP contribution in [0, 0.1) is 11.8 Å². The molecule has 6 heteroatoms. The van der Waals surface area contributed by atoms with E-state index >= 15 is 0 Å². The predicted molar refractivity (Wildman–Crippen MR) is 135 cm³/mol. The van der Waals surface area contributed by atoms with Crippen molar-refractivity contribution < 1.29 is 24.5 Å². The van der Waals surface area contributed by atoms with E-state index in [0.29, 0.717) is 12.3 Å². The van der Waals surface area contributed by atoms with E-state index in [1.54, 1.807) is 14.0 Å². The van der Waals surface area contributed by atoms with Gasteiger partial charge in [0.2, 0.25) is 0 Å². The van der Waals surface area contributed by atoms with E-state index in [1.807, 2.05) is 42.5 Å². The molecule has 2 aromatic rings. The number of fused-ring (bicyclic) bond motifs is 3. The lowest BCUT2D eigenvalue weighted by atomic mass is 9.78. The maximum absolute atomic E-state index is 13.6. The van der Waals surface area contributed by atoms with Crippen molar-refractivity contribution in [2.45, 2.75) is 71.0 Å². The second-order valence-electron chi connectivity index (χ2n) is 10.6. The summed E-state index contributed by atoms with van der Waals surface area (Å²) in [5.41, 5.74) is 3.55. The molecule has 0 aromatic heterocycles. The van der Waals surface area contributed by atoms with E-state index in [1.165, 1.54) is 11.1 Å². The first-order valence-electron chi connectivity index (χ1n) is 12.7. The molecule has 2 aliphatic heterocycles. The number of carbonyl (C=O) groups excluding carboxylic acids is 1. The van der Waals surface area contributed by atoms with Gasteiger partial charge in [0.1, 0.15) is 6.10 Å². The average molecular weight is 482 g/mol. The number of hydrogen-bond donors (Lipinski definition) is 2. The maximum Gasteiger partial charge on any atom is 0.343 e. The van der Waals surface area contributed by atoms with E-state index in [2.05, 4.69) is 18.7 Å². The summed E-state index contributed by atoms with van der Waals surface area (Å²) in [6, 6.07) is 13.7. The standard InChI is InChI=1S/C29H39NO5/c1-19(2)12-21-16-30-11-10-20-13-22(17-31)23(18-32)14-25(20)26(30)15-27(21)35-28(33)29(3,34-4)24-8-6-5-7-9-24/h5-9,13-14,19,21,26-27,31-32H,10-12,15-18H2,1-4H3/t21-,26+,27+,29-/m1/s1. The summed E-state index contributed by atoms with van der Waals surface area (Å²) in [7, 11) is 1.55. The number of rotatable bonds is 8. The van der Waals surface area contributed by atoms with E-state index in [0.717, 1.165) is 42.6 Å². The van der Waals surface area contributed by atoms with Gasteiger partial charge in [0.05, 0.1) is 13.2 Å². The molecular weight excluding hydrogens is 442 g/mol. The van der Waals surface area contributed by atoms with Crippen LogP contribution in [-0.4, -0.2) is 47.4 Å². The Labute approximate surface area is 208 Å². The molecule has 0 saturated carbocycles. The van der Waals surface area contributed by atoms with Crippen LogP contribution in [0.2, 0.25) is 0 Å². The first kappa shape index (κ1) is 25.8. The van der Waals surface area contributed by atoms with Gasteiger partial charge in [-0.15, -0.1) is 0 Å². The Hall–Kier alpha value is -2.25. The molecule has 1 fully saturated rings. The van der Waals surface area contributed by atoms with Crippen molar-refractivity contribution in [1.29, 1.82) is 0 Å². The van der Waals surface area contributed by atoms with Crippen molar-refractivity contribution in [3.8, 4) is 0 Å². The Bertz CT molecular complexity index is 1020. The summed E-state index contributed by atoms with van der Waals surface area (Å²) < 4.78 is 12.0. The van der Waals surface area contributed by atoms with Gasteiger partial charge in [-0.2, -0.15) is 0 Å². The monoisotopic (exact) mass is 481 g/mol. The fourth-order valence-electron chi connectivity index (χ4n) is 5.82. The molecule has 0 radical (unpaired) electrons. The fraction of sp³-hybridized carbons (Fsp3) is 0.552. The zero-order valence-electron chi connectivity index (χ0n) is 21.4. The molecule has 0 unspecified atom stereocenters. The second kappa shape index (κ2) is 10.8. The number of benzene rings is 2. The number of esters is 1. The minimum atomic E-state index is -1.18. The number of piperidine rings is 1. The van der Waals surface area contributed by atoms with E-state index < -0.39 is 5.60 Å². The lowest BCUT2D eigenvalue weighted by Crippen LogP contribution is -2.51. The second-order valence-corrected chi connectivity index (χ2v) is 10.6. The van der Waals surface area contributed by atoms with Crippen LogP contribution in [0.25, 0.3) is 0 Å². The number of aliphatic hydroxyl groups excluding tert-OH is 2. The van der Waals surface area contributed by atoms with Gasteiger partial charge in [0.15, 0.2) is 5.60 Å². The maximum atomic E-state index is 13.6. The van der Waals surface area contributed by atoms with Crippen LogP contribution in [-0.2, 0) is 39.5 Å². The van der Waals surface area contributed by atoms with Gasteiger partial charge in [-0.3, -0.25) is 4.90 Å². The van der Waals surface area contributed by atoms with Crippen LogP contribution in [0.4, 0.5) is 0 Å². The minimum Gasteiger partial charge on any atom is -0.460 e. The van der Waals surface area contributed by atoms with Crippen molar-refractivity contribution in [1.82, 2.24) is 4.90 Å². The molecule has 2 aliphatic rings. The third-order valence-corrected chi connectivity index (χ3v) is 7.88. The summed E-state index contributed by atoms with van der Waals surface area (Å²) in [6.07, 6.45) is 2.37. The first-order valence-corrected chi connectivity index (χ1v) is 12.7. The van der Waals surface area contributed by atoms with Gasteiger partial charge >= 0.3 is 5.97 Å². The summed E-state index contributed by atoms with van der Waals surface area (Å²) in [5.74, 6) is 0.370. The minimum absolute atomic E-state index is 0.0800. The highest BCUT2D eigenvalue weighted by molar-refractivity contribution is 5.81. The molecular formula is C29H39NO5. The van der Waals surface area contributed by atoms with E-state index in [9.17, 15) is 15.0 Å². The highest BCUT2D eigenvalue weighted by atomic mass is 16.6. The Kier molecular flexibility index (Phi) is 7.96. The van der Waals surface area contributed by atoms with Gasteiger partial charge in [-0.25, -0.2) is 4.79 Å². The summed E-state index contributed by atoms with van der Waals surface area (Å²) >= 11 is 0. The number of carbonyl (C=O) groups is 1. The van der Waals surface area contributed by atoms with Crippen LogP contribution < -0.4 is 0 Å². The third kappa shape index (κ3) is 5.17. The van der Waals surface area contributed by atoms with E-state index in [4.69, 9.17) is 9.47 Å². The van der Waals surface area contributed by atoms with Gasteiger partial charge in [-0.05, 0) is 53.5 Å². The quantitative estimate of drug-likeness (QED) is 0.553. The Morgan fingerprint density at radius 3 is 2.46 bits per heavy atom. The van der Waals surface area contributed by atoms with Crippen molar-refractivity contribution in [3.63, 3.8) is 0 Å². The van der Waals surface area contributed by atoms with Crippen molar-refractivity contribution >= 4 is 5.97 Å². The van der Waals surface area contributed by atoms with Crippen molar-refractivity contribution in [3.05, 3.63) is 70.3 Å². The third-order valence-electron chi connectivity index (χ3n) is 7.88. The van der Waals surface area contributed by atoms with Crippen LogP contribution in [0.15, 0.2) is 42.5 Å². The van der Waals surface area contributed by atoms with Gasteiger partial charge in [0.25, 0.3) is 0 Å².